The van der Waals surface area contributed by atoms with Crippen molar-refractivity contribution in [2.45, 2.75) is 25.8 Å². The predicted octanol–water partition coefficient (Wildman–Crippen LogP) is 1.13. The summed E-state index contributed by atoms with van der Waals surface area (Å²) in [6.45, 7) is 4.53. The van der Waals surface area contributed by atoms with Gasteiger partial charge in [0.2, 0.25) is 5.91 Å². The summed E-state index contributed by atoms with van der Waals surface area (Å²) in [5, 5.41) is 10.1. The van der Waals surface area contributed by atoms with Crippen LogP contribution in [0.2, 0.25) is 0 Å². The maximum Gasteiger partial charge on any atom is 0.225 e. The zero-order valence-electron chi connectivity index (χ0n) is 13.5. The molecule has 1 N–H and O–H groups in total. The van der Waals surface area contributed by atoms with Gasteiger partial charge in [0.05, 0.1) is 6.61 Å². The molecule has 1 saturated carbocycles. The van der Waals surface area contributed by atoms with Crippen LogP contribution in [-0.2, 0) is 11.3 Å². The first-order chi connectivity index (χ1) is 11.2. The van der Waals surface area contributed by atoms with Crippen LogP contribution in [0.3, 0.4) is 0 Å². The number of pyridine rings is 1. The van der Waals surface area contributed by atoms with Gasteiger partial charge >= 0.3 is 0 Å². The first-order valence-corrected chi connectivity index (χ1v) is 8.71. The highest BCUT2D eigenvalue weighted by atomic mass is 16.3. The van der Waals surface area contributed by atoms with E-state index in [1.807, 2.05) is 17.2 Å². The van der Waals surface area contributed by atoms with E-state index in [1.165, 1.54) is 5.56 Å². The summed E-state index contributed by atoms with van der Waals surface area (Å²) >= 11 is 0. The average molecular weight is 315 g/mol. The summed E-state index contributed by atoms with van der Waals surface area (Å²) in [5.41, 5.74) is 1.08. The van der Waals surface area contributed by atoms with Crippen LogP contribution >= 0.6 is 0 Å². The van der Waals surface area contributed by atoms with Crippen molar-refractivity contribution < 1.29 is 9.90 Å². The Hall–Kier alpha value is -1.46. The van der Waals surface area contributed by atoms with Gasteiger partial charge in [-0.05, 0) is 43.4 Å². The highest BCUT2D eigenvalue weighted by molar-refractivity contribution is 5.81. The number of fused-ring (bicyclic) bond motifs is 1. The maximum absolute atomic E-state index is 12.4. The number of nitrogens with zero attached hydrogens (tertiary/aromatic N) is 3. The van der Waals surface area contributed by atoms with E-state index in [-0.39, 0.29) is 17.9 Å². The summed E-state index contributed by atoms with van der Waals surface area (Å²) in [4.78, 5) is 21.0. The van der Waals surface area contributed by atoms with Crippen molar-refractivity contribution in [3.05, 3.63) is 30.1 Å². The van der Waals surface area contributed by atoms with Gasteiger partial charge in [-0.15, -0.1) is 0 Å². The Labute approximate surface area is 137 Å². The number of rotatable bonds is 4. The molecular weight excluding hydrogens is 290 g/mol. The Morgan fingerprint density at radius 2 is 2.22 bits per heavy atom. The summed E-state index contributed by atoms with van der Waals surface area (Å²) in [6.07, 6.45) is 6.88. The fourth-order valence-electron chi connectivity index (χ4n) is 4.34. The van der Waals surface area contributed by atoms with E-state index < -0.39 is 0 Å². The largest absolute Gasteiger partial charge is 0.396 e. The highest BCUT2D eigenvalue weighted by Crippen LogP contribution is 2.44. The van der Waals surface area contributed by atoms with Crippen LogP contribution in [0.15, 0.2) is 24.5 Å². The van der Waals surface area contributed by atoms with E-state index in [0.717, 1.165) is 52.0 Å². The SMILES string of the molecule is O=C(C1CC1)N1C[C@@H]2CCN(Cc3cccnc3)C[C@]2(CO)C1. The monoisotopic (exact) mass is 315 g/mol. The lowest BCUT2D eigenvalue weighted by Crippen LogP contribution is -2.50. The first-order valence-electron chi connectivity index (χ1n) is 8.71. The third kappa shape index (κ3) is 2.88. The topological polar surface area (TPSA) is 56.7 Å². The van der Waals surface area contributed by atoms with Gasteiger partial charge in [0.25, 0.3) is 0 Å². The second-order valence-electron chi connectivity index (χ2n) is 7.57. The zero-order valence-corrected chi connectivity index (χ0v) is 13.5. The predicted molar refractivity (Wildman–Crippen MR) is 86.4 cm³/mol. The molecule has 0 radical (unpaired) electrons. The molecule has 0 unspecified atom stereocenters. The molecule has 124 valence electrons. The summed E-state index contributed by atoms with van der Waals surface area (Å²) < 4.78 is 0. The van der Waals surface area contributed by atoms with E-state index in [2.05, 4.69) is 16.0 Å². The van der Waals surface area contributed by atoms with Crippen molar-refractivity contribution in [3.63, 3.8) is 0 Å². The van der Waals surface area contributed by atoms with Crippen LogP contribution in [0.4, 0.5) is 0 Å². The molecule has 3 fully saturated rings. The van der Waals surface area contributed by atoms with Crippen LogP contribution in [0.1, 0.15) is 24.8 Å². The quantitative estimate of drug-likeness (QED) is 0.905. The van der Waals surface area contributed by atoms with Gasteiger partial charge in [0.1, 0.15) is 0 Å². The highest BCUT2D eigenvalue weighted by Gasteiger charge is 2.51. The smallest absolute Gasteiger partial charge is 0.225 e. The summed E-state index contributed by atoms with van der Waals surface area (Å²) in [5.74, 6) is 1.05. The number of carbonyl (C=O) groups excluding carboxylic acids is 1. The van der Waals surface area contributed by atoms with E-state index in [4.69, 9.17) is 0 Å². The maximum atomic E-state index is 12.4. The van der Waals surface area contributed by atoms with Gasteiger partial charge in [-0.2, -0.15) is 0 Å². The zero-order chi connectivity index (χ0) is 15.9. The minimum atomic E-state index is -0.134. The van der Waals surface area contributed by atoms with Crippen molar-refractivity contribution in [3.8, 4) is 0 Å². The number of carbonyl (C=O) groups is 1. The van der Waals surface area contributed by atoms with Gasteiger partial charge in [-0.25, -0.2) is 0 Å². The molecule has 0 aromatic carbocycles. The normalized spacial score (nSPS) is 31.2. The number of hydrogen-bond acceptors (Lipinski definition) is 4. The Morgan fingerprint density at radius 1 is 1.35 bits per heavy atom. The van der Waals surface area contributed by atoms with Crippen LogP contribution in [0.5, 0.6) is 0 Å². The summed E-state index contributed by atoms with van der Waals surface area (Å²) in [7, 11) is 0. The van der Waals surface area contributed by atoms with E-state index in [0.29, 0.717) is 11.8 Å². The van der Waals surface area contributed by atoms with Crippen molar-refractivity contribution in [2.24, 2.45) is 17.3 Å². The molecule has 23 heavy (non-hydrogen) atoms. The first kappa shape index (κ1) is 15.1. The lowest BCUT2D eigenvalue weighted by atomic mass is 9.74. The molecule has 1 aromatic rings. The fraction of sp³-hybridized carbons (Fsp3) is 0.667. The molecule has 1 aromatic heterocycles. The lowest BCUT2D eigenvalue weighted by molar-refractivity contribution is -0.132. The molecule has 0 spiro atoms. The molecule has 2 aliphatic heterocycles. The Morgan fingerprint density at radius 3 is 2.91 bits per heavy atom. The number of likely N-dealkylation sites (tertiary alicyclic amines) is 2. The van der Waals surface area contributed by atoms with Gasteiger partial charge in [-0.1, -0.05) is 6.07 Å². The van der Waals surface area contributed by atoms with Gasteiger partial charge in [0, 0.05) is 49.9 Å². The Kier molecular flexibility index (Phi) is 3.85. The van der Waals surface area contributed by atoms with Crippen LogP contribution in [0, 0.1) is 17.3 Å². The number of piperidine rings is 1. The van der Waals surface area contributed by atoms with Crippen LogP contribution in [0.25, 0.3) is 0 Å². The van der Waals surface area contributed by atoms with E-state index >= 15 is 0 Å². The minimum Gasteiger partial charge on any atom is -0.396 e. The molecule has 3 aliphatic rings. The second kappa shape index (κ2) is 5.87. The molecular formula is C18H25N3O2. The van der Waals surface area contributed by atoms with Crippen LogP contribution in [-0.4, -0.2) is 58.6 Å². The van der Waals surface area contributed by atoms with E-state index in [1.54, 1.807) is 6.20 Å². The minimum absolute atomic E-state index is 0.134. The Bertz CT molecular complexity index is 575. The van der Waals surface area contributed by atoms with Crippen molar-refractivity contribution in [2.75, 3.05) is 32.8 Å². The molecule has 1 aliphatic carbocycles. The van der Waals surface area contributed by atoms with Crippen molar-refractivity contribution >= 4 is 5.91 Å². The fourth-order valence-corrected chi connectivity index (χ4v) is 4.34. The molecule has 5 heteroatoms. The third-order valence-electron chi connectivity index (χ3n) is 5.83. The molecule has 1 amide bonds. The summed E-state index contributed by atoms with van der Waals surface area (Å²) in [6, 6.07) is 4.07. The lowest BCUT2D eigenvalue weighted by Gasteiger charge is -2.43. The van der Waals surface area contributed by atoms with Gasteiger partial charge < -0.3 is 10.0 Å². The second-order valence-corrected chi connectivity index (χ2v) is 7.57. The van der Waals surface area contributed by atoms with Crippen molar-refractivity contribution in [1.82, 2.24) is 14.8 Å². The molecule has 5 nitrogen and oxygen atoms in total. The number of aliphatic hydroxyl groups excluding tert-OH is 1. The molecule has 0 bridgehead atoms. The molecule has 4 rings (SSSR count). The number of aliphatic hydroxyl groups is 1. The number of hydrogen-bond donors (Lipinski definition) is 1. The molecule has 3 heterocycles. The third-order valence-corrected chi connectivity index (χ3v) is 5.83. The number of aromatic nitrogens is 1. The number of amides is 1. The molecule has 2 atom stereocenters. The van der Waals surface area contributed by atoms with E-state index in [9.17, 15) is 9.90 Å². The molecule has 2 saturated heterocycles. The Balaban J connectivity index is 1.45. The van der Waals surface area contributed by atoms with Gasteiger partial charge in [-0.3, -0.25) is 14.7 Å². The standard InChI is InChI=1S/C18H25N3O2/c22-13-18-11-20(9-14-2-1-6-19-8-14)7-5-16(18)10-21(12-18)17(23)15-3-4-15/h1-2,6,8,15-16,22H,3-5,7,9-13H2/t16-,18+/m0/s1. The average Bonchev–Trinajstić information content (AvgIpc) is 3.35. The van der Waals surface area contributed by atoms with Gasteiger partial charge in [0.15, 0.2) is 0 Å². The van der Waals surface area contributed by atoms with Crippen LogP contribution < -0.4 is 0 Å². The van der Waals surface area contributed by atoms with Crippen molar-refractivity contribution in [1.29, 1.82) is 0 Å².